The van der Waals surface area contributed by atoms with Gasteiger partial charge < -0.3 is 10.1 Å². The maximum Gasteiger partial charge on any atom is 0.407 e. The second-order valence-corrected chi connectivity index (χ2v) is 5.52. The van der Waals surface area contributed by atoms with Crippen molar-refractivity contribution in [2.75, 3.05) is 6.54 Å². The molecule has 0 spiro atoms. The van der Waals surface area contributed by atoms with Gasteiger partial charge in [-0.25, -0.2) is 4.79 Å². The largest absolute Gasteiger partial charge is 0.445 e. The highest BCUT2D eigenvalue weighted by Gasteiger charge is 2.05. The highest BCUT2D eigenvalue weighted by molar-refractivity contribution is 7.12. The Bertz CT molecular complexity index is 662. The Kier molecular flexibility index (Phi) is 5.91. The van der Waals surface area contributed by atoms with E-state index in [1.807, 2.05) is 47.9 Å². The van der Waals surface area contributed by atoms with Crippen LogP contribution in [0.25, 0.3) is 6.08 Å². The molecular weight excluding hydrogens is 298 g/mol. The van der Waals surface area contributed by atoms with Crippen molar-refractivity contribution < 1.29 is 14.3 Å². The van der Waals surface area contributed by atoms with Crippen molar-refractivity contribution in [3.05, 3.63) is 63.9 Å². The van der Waals surface area contributed by atoms with E-state index >= 15 is 0 Å². The third kappa shape index (κ3) is 4.86. The monoisotopic (exact) mass is 315 g/mol. The smallest absolute Gasteiger partial charge is 0.407 e. The van der Waals surface area contributed by atoms with Crippen LogP contribution in [0.3, 0.4) is 0 Å². The Morgan fingerprint density at radius 1 is 1.23 bits per heavy atom. The average Bonchev–Trinajstić information content (AvgIpc) is 2.99. The molecule has 0 aliphatic rings. The van der Waals surface area contributed by atoms with Crippen LogP contribution < -0.4 is 5.32 Å². The highest BCUT2D eigenvalue weighted by Crippen LogP contribution is 2.18. The molecule has 1 aromatic carbocycles. The van der Waals surface area contributed by atoms with E-state index < -0.39 is 6.09 Å². The van der Waals surface area contributed by atoms with Crippen molar-refractivity contribution in [2.45, 2.75) is 13.5 Å². The van der Waals surface area contributed by atoms with Crippen molar-refractivity contribution in [1.29, 1.82) is 0 Å². The summed E-state index contributed by atoms with van der Waals surface area (Å²) >= 11 is 1.41. The minimum absolute atomic E-state index is 0.0462. The van der Waals surface area contributed by atoms with Gasteiger partial charge in [0, 0.05) is 6.54 Å². The van der Waals surface area contributed by atoms with Crippen LogP contribution in [0, 0.1) is 0 Å². The predicted molar refractivity (Wildman–Crippen MR) is 88.0 cm³/mol. The first-order valence-corrected chi connectivity index (χ1v) is 7.74. The van der Waals surface area contributed by atoms with E-state index in [1.165, 1.54) is 11.3 Å². The maximum absolute atomic E-state index is 11.5. The summed E-state index contributed by atoms with van der Waals surface area (Å²) in [4.78, 5) is 23.6. The fourth-order valence-electron chi connectivity index (χ4n) is 1.84. The van der Waals surface area contributed by atoms with Crippen LogP contribution in [-0.4, -0.2) is 18.4 Å². The number of Topliss-reactive ketones (excluding diaryl/α,β-unsaturated/α-hetero) is 1. The molecule has 0 bridgehead atoms. The SMILES string of the molecule is CC(=O)c1sccc1C=CCNC(=O)OCc1ccccc1. The number of ether oxygens (including phenoxy) is 1. The molecule has 1 amide bonds. The van der Waals surface area contributed by atoms with Gasteiger partial charge in [0.05, 0.1) is 4.88 Å². The summed E-state index contributed by atoms with van der Waals surface area (Å²) in [6.45, 7) is 2.14. The fourth-order valence-corrected chi connectivity index (χ4v) is 2.63. The van der Waals surface area contributed by atoms with Crippen LogP contribution in [0.5, 0.6) is 0 Å². The molecule has 0 atom stereocenters. The second-order valence-electron chi connectivity index (χ2n) is 4.61. The summed E-state index contributed by atoms with van der Waals surface area (Å²) in [6.07, 6.45) is 3.15. The van der Waals surface area contributed by atoms with E-state index in [-0.39, 0.29) is 12.4 Å². The zero-order valence-corrected chi connectivity index (χ0v) is 13.1. The predicted octanol–water partition coefficient (Wildman–Crippen LogP) is 3.89. The number of carbonyl (C=O) groups is 2. The molecule has 0 fully saturated rings. The fraction of sp³-hybridized carbons (Fsp3) is 0.176. The molecule has 5 heteroatoms. The number of nitrogens with one attached hydrogen (secondary N) is 1. The Hall–Kier alpha value is -2.40. The molecule has 114 valence electrons. The van der Waals surface area contributed by atoms with E-state index in [0.29, 0.717) is 6.54 Å². The number of benzene rings is 1. The number of carbonyl (C=O) groups excluding carboxylic acids is 2. The van der Waals surface area contributed by atoms with Gasteiger partial charge in [-0.2, -0.15) is 0 Å². The second kappa shape index (κ2) is 8.14. The third-order valence-electron chi connectivity index (χ3n) is 2.89. The molecule has 0 aliphatic heterocycles. The summed E-state index contributed by atoms with van der Waals surface area (Å²) in [7, 11) is 0. The first-order chi connectivity index (χ1) is 10.7. The molecule has 1 aromatic heterocycles. The molecule has 1 N–H and O–H groups in total. The van der Waals surface area contributed by atoms with Gasteiger partial charge in [0.15, 0.2) is 5.78 Å². The van der Waals surface area contributed by atoms with Crippen LogP contribution in [-0.2, 0) is 11.3 Å². The Labute approximate surface area is 133 Å². The van der Waals surface area contributed by atoms with Crippen LogP contribution in [0.15, 0.2) is 47.9 Å². The lowest BCUT2D eigenvalue weighted by atomic mass is 10.2. The summed E-state index contributed by atoms with van der Waals surface area (Å²) < 4.78 is 5.09. The van der Waals surface area contributed by atoms with Gasteiger partial charge in [0.1, 0.15) is 6.61 Å². The number of alkyl carbamates (subject to hydrolysis) is 1. The topological polar surface area (TPSA) is 55.4 Å². The Morgan fingerprint density at radius 3 is 2.73 bits per heavy atom. The minimum Gasteiger partial charge on any atom is -0.445 e. The molecular formula is C17H17NO3S. The number of amides is 1. The minimum atomic E-state index is -0.467. The maximum atomic E-state index is 11.5. The van der Waals surface area contributed by atoms with Crippen molar-refractivity contribution in [3.8, 4) is 0 Å². The Morgan fingerprint density at radius 2 is 2.00 bits per heavy atom. The number of thiophene rings is 1. The highest BCUT2D eigenvalue weighted by atomic mass is 32.1. The third-order valence-corrected chi connectivity index (χ3v) is 3.92. The number of hydrogen-bond donors (Lipinski definition) is 1. The van der Waals surface area contributed by atoms with E-state index in [2.05, 4.69) is 5.32 Å². The molecule has 0 saturated heterocycles. The van der Waals surface area contributed by atoms with Gasteiger partial charge in [-0.05, 0) is 29.5 Å². The van der Waals surface area contributed by atoms with Crippen LogP contribution in [0.4, 0.5) is 4.79 Å². The van der Waals surface area contributed by atoms with Crippen LogP contribution in [0.1, 0.15) is 27.7 Å². The normalized spacial score (nSPS) is 10.6. The molecule has 4 nitrogen and oxygen atoms in total. The van der Waals surface area contributed by atoms with E-state index in [1.54, 1.807) is 13.0 Å². The summed E-state index contributed by atoms with van der Waals surface area (Å²) in [5, 5.41) is 4.51. The quantitative estimate of drug-likeness (QED) is 0.823. The van der Waals surface area contributed by atoms with Gasteiger partial charge >= 0.3 is 6.09 Å². The number of hydrogen-bond acceptors (Lipinski definition) is 4. The first kappa shape index (κ1) is 16.0. The van der Waals surface area contributed by atoms with E-state index in [4.69, 9.17) is 4.74 Å². The number of rotatable bonds is 6. The van der Waals surface area contributed by atoms with Crippen molar-refractivity contribution in [2.24, 2.45) is 0 Å². The summed E-state index contributed by atoms with van der Waals surface area (Å²) in [5.41, 5.74) is 1.81. The number of ketones is 1. The van der Waals surface area contributed by atoms with Gasteiger partial charge in [0.2, 0.25) is 0 Å². The van der Waals surface area contributed by atoms with E-state index in [9.17, 15) is 9.59 Å². The molecule has 0 unspecified atom stereocenters. The molecule has 0 saturated carbocycles. The standard InChI is InChI=1S/C17H17NO3S/c1-13(19)16-15(9-11-22-16)8-5-10-18-17(20)21-12-14-6-3-2-4-7-14/h2-9,11H,10,12H2,1H3,(H,18,20). The van der Waals surface area contributed by atoms with Gasteiger partial charge in [-0.1, -0.05) is 42.5 Å². The lowest BCUT2D eigenvalue weighted by Crippen LogP contribution is -2.24. The van der Waals surface area contributed by atoms with Crippen molar-refractivity contribution >= 4 is 29.3 Å². The van der Waals surface area contributed by atoms with E-state index in [0.717, 1.165) is 16.0 Å². The molecule has 22 heavy (non-hydrogen) atoms. The van der Waals surface area contributed by atoms with Crippen molar-refractivity contribution in [1.82, 2.24) is 5.32 Å². The summed E-state index contributed by atoms with van der Waals surface area (Å²) in [6, 6.07) is 11.4. The Balaban J connectivity index is 1.74. The zero-order valence-electron chi connectivity index (χ0n) is 12.2. The lowest BCUT2D eigenvalue weighted by molar-refractivity contribution is 0.102. The van der Waals surface area contributed by atoms with Gasteiger partial charge in [-0.3, -0.25) is 4.79 Å². The molecule has 0 aliphatic carbocycles. The molecule has 2 aromatic rings. The first-order valence-electron chi connectivity index (χ1n) is 6.86. The zero-order chi connectivity index (χ0) is 15.8. The molecule has 0 radical (unpaired) electrons. The average molecular weight is 315 g/mol. The summed E-state index contributed by atoms with van der Waals surface area (Å²) in [5.74, 6) is 0.0462. The lowest BCUT2D eigenvalue weighted by Gasteiger charge is -2.05. The van der Waals surface area contributed by atoms with Gasteiger partial charge in [0.25, 0.3) is 0 Å². The van der Waals surface area contributed by atoms with Gasteiger partial charge in [-0.15, -0.1) is 11.3 Å². The molecule has 1 heterocycles. The van der Waals surface area contributed by atoms with Crippen LogP contribution >= 0.6 is 11.3 Å². The molecule has 2 rings (SSSR count). The van der Waals surface area contributed by atoms with Crippen LogP contribution in [0.2, 0.25) is 0 Å². The van der Waals surface area contributed by atoms with Crippen molar-refractivity contribution in [3.63, 3.8) is 0 Å².